The molecule has 1 fully saturated rings. The summed E-state index contributed by atoms with van der Waals surface area (Å²) in [5.41, 5.74) is 0.798. The van der Waals surface area contributed by atoms with Gasteiger partial charge in [-0.15, -0.1) is 0 Å². The Morgan fingerprint density at radius 2 is 1.82 bits per heavy atom. The van der Waals surface area contributed by atoms with Crippen LogP contribution in [0.15, 0.2) is 18.2 Å². The third kappa shape index (κ3) is 3.42. The molecule has 22 heavy (non-hydrogen) atoms. The van der Waals surface area contributed by atoms with E-state index in [1.807, 2.05) is 0 Å². The number of carbonyl (C=O) groups is 1. The average Bonchev–Trinajstić information content (AvgIpc) is 2.46. The van der Waals surface area contributed by atoms with Crippen LogP contribution in [0.4, 0.5) is 5.69 Å². The largest absolute Gasteiger partial charge is 0.336 e. The molecule has 0 saturated carbocycles. The number of rotatable bonds is 3. The van der Waals surface area contributed by atoms with Gasteiger partial charge >= 0.3 is 0 Å². The Balaban J connectivity index is 2.17. The first-order valence-corrected chi connectivity index (χ1v) is 8.54. The van der Waals surface area contributed by atoms with Crippen molar-refractivity contribution in [2.45, 2.75) is 6.92 Å². The Bertz CT molecular complexity index is 708. The number of amides is 1. The second-order valence-electron chi connectivity index (χ2n) is 5.21. The van der Waals surface area contributed by atoms with Gasteiger partial charge in [0, 0.05) is 43.9 Å². The minimum Gasteiger partial charge on any atom is -0.336 e. The van der Waals surface area contributed by atoms with Crippen molar-refractivity contribution in [3.05, 3.63) is 39.4 Å². The Morgan fingerprint density at radius 1 is 1.23 bits per heavy atom. The molecular formula is C13H17N3O5S. The van der Waals surface area contributed by atoms with Crippen molar-refractivity contribution in [1.29, 1.82) is 0 Å². The lowest BCUT2D eigenvalue weighted by atomic mass is 10.1. The highest BCUT2D eigenvalue weighted by molar-refractivity contribution is 7.88. The van der Waals surface area contributed by atoms with Gasteiger partial charge in [-0.1, -0.05) is 6.07 Å². The fourth-order valence-corrected chi connectivity index (χ4v) is 3.17. The summed E-state index contributed by atoms with van der Waals surface area (Å²) in [5, 5.41) is 10.8. The van der Waals surface area contributed by atoms with Gasteiger partial charge in [-0.3, -0.25) is 14.9 Å². The summed E-state index contributed by atoms with van der Waals surface area (Å²) < 4.78 is 24.2. The topological polar surface area (TPSA) is 101 Å². The molecule has 0 N–H and O–H groups in total. The zero-order valence-corrected chi connectivity index (χ0v) is 13.2. The third-order valence-corrected chi connectivity index (χ3v) is 4.96. The number of nitro groups is 1. The van der Waals surface area contributed by atoms with E-state index >= 15 is 0 Å². The standard InChI is InChI=1S/C13H17N3O5S/c1-10-3-4-11(16(18)19)9-12(10)13(17)14-5-7-15(8-6-14)22(2,20)21/h3-4,9H,5-8H2,1-2H3. The molecular weight excluding hydrogens is 310 g/mol. The van der Waals surface area contributed by atoms with Crippen LogP contribution in [0.3, 0.4) is 0 Å². The number of non-ortho nitro benzene ring substituents is 1. The van der Waals surface area contributed by atoms with Crippen molar-refractivity contribution in [1.82, 2.24) is 9.21 Å². The van der Waals surface area contributed by atoms with Crippen LogP contribution in [0.5, 0.6) is 0 Å². The highest BCUT2D eigenvalue weighted by Gasteiger charge is 2.27. The molecule has 0 spiro atoms. The van der Waals surface area contributed by atoms with Gasteiger partial charge in [0.05, 0.1) is 11.2 Å². The maximum Gasteiger partial charge on any atom is 0.270 e. The first-order chi connectivity index (χ1) is 10.2. The third-order valence-electron chi connectivity index (χ3n) is 3.66. The molecule has 9 heteroatoms. The van der Waals surface area contributed by atoms with E-state index < -0.39 is 14.9 Å². The molecule has 0 aromatic heterocycles. The minimum absolute atomic E-state index is 0.135. The molecule has 1 aromatic rings. The van der Waals surface area contributed by atoms with E-state index in [9.17, 15) is 23.3 Å². The van der Waals surface area contributed by atoms with Crippen molar-refractivity contribution in [3.63, 3.8) is 0 Å². The Kier molecular flexibility index (Phi) is 4.47. The number of sulfonamides is 1. The number of hydrogen-bond donors (Lipinski definition) is 0. The molecule has 1 aliphatic heterocycles. The van der Waals surface area contributed by atoms with E-state index in [0.29, 0.717) is 5.56 Å². The van der Waals surface area contributed by atoms with Crippen LogP contribution < -0.4 is 0 Å². The second kappa shape index (κ2) is 6.01. The van der Waals surface area contributed by atoms with E-state index in [2.05, 4.69) is 0 Å². The van der Waals surface area contributed by atoms with Crippen LogP contribution >= 0.6 is 0 Å². The molecule has 0 atom stereocenters. The van der Waals surface area contributed by atoms with Crippen molar-refractivity contribution < 1.29 is 18.1 Å². The summed E-state index contributed by atoms with van der Waals surface area (Å²) in [6.45, 7) is 2.73. The monoisotopic (exact) mass is 327 g/mol. The van der Waals surface area contributed by atoms with E-state index in [4.69, 9.17) is 0 Å². The van der Waals surface area contributed by atoms with E-state index in [1.54, 1.807) is 6.92 Å². The molecule has 2 rings (SSSR count). The molecule has 0 aliphatic carbocycles. The molecule has 1 aromatic carbocycles. The lowest BCUT2D eigenvalue weighted by Crippen LogP contribution is -2.50. The van der Waals surface area contributed by atoms with Crippen LogP contribution in [0.2, 0.25) is 0 Å². The lowest BCUT2D eigenvalue weighted by Gasteiger charge is -2.33. The van der Waals surface area contributed by atoms with E-state index in [0.717, 1.165) is 6.26 Å². The number of piperazine rings is 1. The van der Waals surface area contributed by atoms with Gasteiger partial charge in [0.15, 0.2) is 0 Å². The first-order valence-electron chi connectivity index (χ1n) is 6.69. The minimum atomic E-state index is -3.26. The molecule has 1 amide bonds. The molecule has 8 nitrogen and oxygen atoms in total. The van der Waals surface area contributed by atoms with Crippen molar-refractivity contribution in [2.24, 2.45) is 0 Å². The fourth-order valence-electron chi connectivity index (χ4n) is 2.35. The number of benzene rings is 1. The number of nitro benzene ring substituents is 1. The number of aryl methyl sites for hydroxylation is 1. The van der Waals surface area contributed by atoms with Crippen LogP contribution in [-0.2, 0) is 10.0 Å². The average molecular weight is 327 g/mol. The summed E-state index contributed by atoms with van der Waals surface area (Å²) in [5.74, 6) is -0.311. The summed E-state index contributed by atoms with van der Waals surface area (Å²) in [4.78, 5) is 24.3. The maximum absolute atomic E-state index is 12.5. The van der Waals surface area contributed by atoms with Crippen LogP contribution in [0.25, 0.3) is 0 Å². The Morgan fingerprint density at radius 3 is 2.32 bits per heavy atom. The van der Waals surface area contributed by atoms with Gasteiger partial charge in [0.2, 0.25) is 10.0 Å². The zero-order chi connectivity index (χ0) is 16.5. The maximum atomic E-state index is 12.5. The number of hydrogen-bond acceptors (Lipinski definition) is 5. The lowest BCUT2D eigenvalue weighted by molar-refractivity contribution is -0.384. The molecule has 1 heterocycles. The summed E-state index contributed by atoms with van der Waals surface area (Å²) in [7, 11) is -3.26. The van der Waals surface area contributed by atoms with Gasteiger partial charge in [-0.05, 0) is 12.5 Å². The van der Waals surface area contributed by atoms with Crippen LogP contribution in [-0.4, -0.2) is 60.9 Å². The van der Waals surface area contributed by atoms with Crippen LogP contribution in [0.1, 0.15) is 15.9 Å². The SMILES string of the molecule is Cc1ccc([N+](=O)[O-])cc1C(=O)N1CCN(S(C)(=O)=O)CC1. The highest BCUT2D eigenvalue weighted by Crippen LogP contribution is 2.20. The van der Waals surface area contributed by atoms with Gasteiger partial charge in [-0.25, -0.2) is 8.42 Å². The smallest absolute Gasteiger partial charge is 0.270 e. The molecule has 120 valence electrons. The van der Waals surface area contributed by atoms with Gasteiger partial charge in [-0.2, -0.15) is 4.31 Å². The molecule has 0 unspecified atom stereocenters. The van der Waals surface area contributed by atoms with Crippen molar-refractivity contribution in [2.75, 3.05) is 32.4 Å². The molecule has 1 aliphatic rings. The second-order valence-corrected chi connectivity index (χ2v) is 7.19. The van der Waals surface area contributed by atoms with Gasteiger partial charge in [0.25, 0.3) is 11.6 Å². The normalized spacial score (nSPS) is 16.5. The molecule has 0 bridgehead atoms. The molecule has 0 radical (unpaired) electrons. The van der Waals surface area contributed by atoms with E-state index in [-0.39, 0.29) is 43.3 Å². The Labute approximate surface area is 128 Å². The number of carbonyl (C=O) groups excluding carboxylic acids is 1. The summed E-state index contributed by atoms with van der Waals surface area (Å²) in [6, 6.07) is 4.16. The predicted octanol–water partition coefficient (Wildman–Crippen LogP) is 0.621. The zero-order valence-electron chi connectivity index (χ0n) is 12.4. The van der Waals surface area contributed by atoms with Gasteiger partial charge in [0.1, 0.15) is 0 Å². The van der Waals surface area contributed by atoms with Gasteiger partial charge < -0.3 is 4.90 Å². The van der Waals surface area contributed by atoms with Crippen LogP contribution in [0, 0.1) is 17.0 Å². The molecule has 1 saturated heterocycles. The van der Waals surface area contributed by atoms with Crippen molar-refractivity contribution >= 4 is 21.6 Å². The summed E-state index contributed by atoms with van der Waals surface area (Å²) >= 11 is 0. The Hall–Kier alpha value is -2.00. The predicted molar refractivity (Wildman–Crippen MR) is 80.2 cm³/mol. The quantitative estimate of drug-likeness (QED) is 0.598. The summed E-state index contributed by atoms with van der Waals surface area (Å²) in [6.07, 6.45) is 1.13. The fraction of sp³-hybridized carbons (Fsp3) is 0.462. The van der Waals surface area contributed by atoms with Crippen molar-refractivity contribution in [3.8, 4) is 0 Å². The van der Waals surface area contributed by atoms with E-state index in [1.165, 1.54) is 27.4 Å². The first kappa shape index (κ1) is 16.4. The highest BCUT2D eigenvalue weighted by atomic mass is 32.2. The number of nitrogens with zero attached hydrogens (tertiary/aromatic N) is 3.